The quantitative estimate of drug-likeness (QED) is 0.883. The second-order valence-corrected chi connectivity index (χ2v) is 6.80. The van der Waals surface area contributed by atoms with Crippen molar-refractivity contribution in [2.75, 3.05) is 6.54 Å². The van der Waals surface area contributed by atoms with E-state index in [1.54, 1.807) is 0 Å². The summed E-state index contributed by atoms with van der Waals surface area (Å²) in [5.74, 6) is 0. The minimum atomic E-state index is 0.264. The minimum absolute atomic E-state index is 0.264. The highest BCUT2D eigenvalue weighted by atomic mass is 15.2. The highest BCUT2D eigenvalue weighted by Crippen LogP contribution is 2.36. The minimum Gasteiger partial charge on any atom is -0.324 e. The van der Waals surface area contributed by atoms with Crippen LogP contribution in [0.4, 0.5) is 0 Å². The lowest BCUT2D eigenvalue weighted by molar-refractivity contribution is 0.112. The van der Waals surface area contributed by atoms with Gasteiger partial charge in [-0.1, -0.05) is 24.6 Å². The molecule has 110 valence electrons. The number of fused-ring (bicyclic) bond motifs is 1. The Morgan fingerprint density at radius 1 is 1.15 bits per heavy atom. The molecule has 0 aromatic heterocycles. The fourth-order valence-electron chi connectivity index (χ4n) is 4.01. The van der Waals surface area contributed by atoms with Gasteiger partial charge in [-0.3, -0.25) is 4.90 Å². The molecule has 0 spiro atoms. The first-order valence-electron chi connectivity index (χ1n) is 8.31. The maximum Gasteiger partial charge on any atom is 0.0350 e. The van der Waals surface area contributed by atoms with Gasteiger partial charge in [-0.15, -0.1) is 0 Å². The van der Waals surface area contributed by atoms with Crippen LogP contribution in [0.5, 0.6) is 0 Å². The molecule has 2 nitrogen and oxygen atoms in total. The third-order valence-corrected chi connectivity index (χ3v) is 5.12. The highest BCUT2D eigenvalue weighted by molar-refractivity contribution is 5.37. The molecule has 1 aromatic carbocycles. The Balaban J connectivity index is 1.89. The Hall–Kier alpha value is -0.860. The Labute approximate surface area is 123 Å². The van der Waals surface area contributed by atoms with Gasteiger partial charge in [-0.05, 0) is 69.2 Å². The summed E-state index contributed by atoms with van der Waals surface area (Å²) in [5.41, 5.74) is 10.7. The molecule has 2 atom stereocenters. The summed E-state index contributed by atoms with van der Waals surface area (Å²) in [6.07, 6.45) is 7.63. The predicted octanol–water partition coefficient (Wildman–Crippen LogP) is 3.96. The Kier molecular flexibility index (Phi) is 4.13. The zero-order valence-corrected chi connectivity index (χ0v) is 12.9. The molecular weight excluding hydrogens is 244 g/mol. The fourth-order valence-corrected chi connectivity index (χ4v) is 4.01. The third kappa shape index (κ3) is 2.64. The lowest BCUT2D eigenvalue weighted by Gasteiger charge is -2.39. The van der Waals surface area contributed by atoms with E-state index in [4.69, 9.17) is 5.73 Å². The predicted molar refractivity (Wildman–Crippen MR) is 84.7 cm³/mol. The van der Waals surface area contributed by atoms with Gasteiger partial charge in [0.15, 0.2) is 0 Å². The molecule has 1 unspecified atom stereocenters. The summed E-state index contributed by atoms with van der Waals surface area (Å²) >= 11 is 0. The van der Waals surface area contributed by atoms with Crippen molar-refractivity contribution in [3.8, 4) is 0 Å². The van der Waals surface area contributed by atoms with Crippen molar-refractivity contribution in [2.45, 2.75) is 70.5 Å². The van der Waals surface area contributed by atoms with Crippen LogP contribution in [0.25, 0.3) is 0 Å². The van der Waals surface area contributed by atoms with E-state index in [2.05, 4.69) is 36.9 Å². The third-order valence-electron chi connectivity index (χ3n) is 5.12. The molecule has 0 amide bonds. The van der Waals surface area contributed by atoms with E-state index in [-0.39, 0.29) is 6.04 Å². The van der Waals surface area contributed by atoms with Crippen LogP contribution < -0.4 is 5.73 Å². The number of nitrogens with two attached hydrogens (primary N) is 1. The summed E-state index contributed by atoms with van der Waals surface area (Å²) in [4.78, 5) is 2.67. The van der Waals surface area contributed by atoms with Gasteiger partial charge in [0, 0.05) is 18.1 Å². The van der Waals surface area contributed by atoms with Gasteiger partial charge in [0.05, 0.1) is 0 Å². The molecular formula is C18H28N2. The molecule has 2 N–H and O–H groups in total. The zero-order chi connectivity index (χ0) is 14.1. The van der Waals surface area contributed by atoms with Crippen LogP contribution in [0.3, 0.4) is 0 Å². The van der Waals surface area contributed by atoms with Crippen LogP contribution in [-0.4, -0.2) is 17.5 Å². The molecule has 1 aliphatic carbocycles. The summed E-state index contributed by atoms with van der Waals surface area (Å²) in [6.45, 7) is 5.90. The second-order valence-electron chi connectivity index (χ2n) is 6.80. The number of piperidine rings is 1. The van der Waals surface area contributed by atoms with Crippen molar-refractivity contribution in [2.24, 2.45) is 5.73 Å². The SMILES string of the molecule is CC(C)N1CCCCC1c1ccc2c(c1)CCC[C@H]2N. The van der Waals surface area contributed by atoms with Crippen molar-refractivity contribution in [1.29, 1.82) is 0 Å². The van der Waals surface area contributed by atoms with Gasteiger partial charge < -0.3 is 5.73 Å². The number of benzene rings is 1. The van der Waals surface area contributed by atoms with Crippen molar-refractivity contribution in [1.82, 2.24) is 4.90 Å². The number of likely N-dealkylation sites (tertiary alicyclic amines) is 1. The molecule has 1 heterocycles. The van der Waals surface area contributed by atoms with E-state index in [0.29, 0.717) is 12.1 Å². The zero-order valence-electron chi connectivity index (χ0n) is 12.9. The largest absolute Gasteiger partial charge is 0.324 e. The summed E-state index contributed by atoms with van der Waals surface area (Å²) in [6, 6.07) is 8.63. The number of aryl methyl sites for hydroxylation is 1. The molecule has 1 aliphatic heterocycles. The molecule has 0 radical (unpaired) electrons. The van der Waals surface area contributed by atoms with Gasteiger partial charge in [0.25, 0.3) is 0 Å². The molecule has 2 heteroatoms. The van der Waals surface area contributed by atoms with Crippen LogP contribution >= 0.6 is 0 Å². The van der Waals surface area contributed by atoms with Crippen LogP contribution in [0.1, 0.15) is 74.7 Å². The van der Waals surface area contributed by atoms with E-state index in [0.717, 1.165) is 6.42 Å². The molecule has 2 aliphatic rings. The van der Waals surface area contributed by atoms with Gasteiger partial charge in [0.1, 0.15) is 0 Å². The Morgan fingerprint density at radius 3 is 2.80 bits per heavy atom. The summed E-state index contributed by atoms with van der Waals surface area (Å²) in [7, 11) is 0. The first-order chi connectivity index (χ1) is 9.66. The smallest absolute Gasteiger partial charge is 0.0350 e. The maximum absolute atomic E-state index is 6.24. The van der Waals surface area contributed by atoms with Crippen LogP contribution in [-0.2, 0) is 6.42 Å². The Bertz CT molecular complexity index is 466. The average Bonchev–Trinajstić information content (AvgIpc) is 2.47. The van der Waals surface area contributed by atoms with Crippen molar-refractivity contribution in [3.63, 3.8) is 0 Å². The lowest BCUT2D eigenvalue weighted by atomic mass is 9.84. The second kappa shape index (κ2) is 5.87. The standard InChI is InChI=1S/C18H28N2/c1-13(2)20-11-4-3-8-18(20)15-9-10-16-14(12-15)6-5-7-17(16)19/h9-10,12-13,17-18H,3-8,11,19H2,1-2H3/t17-,18?/m1/s1. The highest BCUT2D eigenvalue weighted by Gasteiger charge is 2.27. The first-order valence-corrected chi connectivity index (χ1v) is 8.31. The summed E-state index contributed by atoms with van der Waals surface area (Å²) < 4.78 is 0. The van der Waals surface area contributed by atoms with E-state index < -0.39 is 0 Å². The number of hydrogen-bond donors (Lipinski definition) is 1. The van der Waals surface area contributed by atoms with Gasteiger partial charge >= 0.3 is 0 Å². The van der Waals surface area contributed by atoms with Crippen molar-refractivity contribution >= 4 is 0 Å². The van der Waals surface area contributed by atoms with Gasteiger partial charge in [0.2, 0.25) is 0 Å². The van der Waals surface area contributed by atoms with Crippen molar-refractivity contribution < 1.29 is 0 Å². The molecule has 20 heavy (non-hydrogen) atoms. The molecule has 1 saturated heterocycles. The molecule has 0 bridgehead atoms. The lowest BCUT2D eigenvalue weighted by Crippen LogP contribution is -2.38. The van der Waals surface area contributed by atoms with E-state index in [1.165, 1.54) is 55.3 Å². The fraction of sp³-hybridized carbons (Fsp3) is 0.667. The molecule has 3 rings (SSSR count). The van der Waals surface area contributed by atoms with Gasteiger partial charge in [-0.25, -0.2) is 0 Å². The average molecular weight is 272 g/mol. The Morgan fingerprint density at radius 2 is 2.00 bits per heavy atom. The number of rotatable bonds is 2. The van der Waals surface area contributed by atoms with Crippen LogP contribution in [0.2, 0.25) is 0 Å². The molecule has 0 saturated carbocycles. The summed E-state index contributed by atoms with van der Waals surface area (Å²) in [5, 5.41) is 0. The van der Waals surface area contributed by atoms with Gasteiger partial charge in [-0.2, -0.15) is 0 Å². The van der Waals surface area contributed by atoms with Crippen LogP contribution in [0.15, 0.2) is 18.2 Å². The van der Waals surface area contributed by atoms with Crippen LogP contribution in [0, 0.1) is 0 Å². The molecule has 1 aromatic rings. The molecule has 1 fully saturated rings. The first kappa shape index (κ1) is 14.1. The van der Waals surface area contributed by atoms with E-state index in [1.807, 2.05) is 0 Å². The maximum atomic E-state index is 6.24. The number of nitrogens with zero attached hydrogens (tertiary/aromatic N) is 1. The normalized spacial score (nSPS) is 27.6. The number of hydrogen-bond acceptors (Lipinski definition) is 2. The van der Waals surface area contributed by atoms with E-state index >= 15 is 0 Å². The monoisotopic (exact) mass is 272 g/mol. The van der Waals surface area contributed by atoms with Crippen molar-refractivity contribution in [3.05, 3.63) is 34.9 Å². The topological polar surface area (TPSA) is 29.3 Å². The van der Waals surface area contributed by atoms with E-state index in [9.17, 15) is 0 Å².